The molecule has 1 aromatic heterocycles. The van der Waals surface area contributed by atoms with Crippen LogP contribution in [-0.4, -0.2) is 11.5 Å². The maximum absolute atomic E-state index is 12.6. The summed E-state index contributed by atoms with van der Waals surface area (Å²) < 4.78 is 12.6. The summed E-state index contributed by atoms with van der Waals surface area (Å²) in [6, 6.07) is 3.61. The summed E-state index contributed by atoms with van der Waals surface area (Å²) in [4.78, 5) is 4.03. The van der Waals surface area contributed by atoms with E-state index in [0.29, 0.717) is 0 Å². The minimum atomic E-state index is -0.148. The van der Waals surface area contributed by atoms with Gasteiger partial charge >= 0.3 is 0 Å². The van der Waals surface area contributed by atoms with Crippen LogP contribution >= 0.6 is 0 Å². The van der Waals surface area contributed by atoms with Crippen LogP contribution in [0.25, 0.3) is 6.08 Å². The van der Waals surface area contributed by atoms with E-state index in [1.54, 1.807) is 12.3 Å². The van der Waals surface area contributed by atoms with E-state index in [4.69, 9.17) is 0 Å². The van der Waals surface area contributed by atoms with Gasteiger partial charge in [0.15, 0.2) is 0 Å². The number of hydrogen-bond acceptors (Lipinski definition) is 2. The summed E-state index contributed by atoms with van der Waals surface area (Å²) >= 11 is 0. The van der Waals surface area contributed by atoms with Crippen molar-refractivity contribution < 1.29 is 4.39 Å². The van der Waals surface area contributed by atoms with Crippen LogP contribution in [0.2, 0.25) is 0 Å². The third kappa shape index (κ3) is 1.09. The first-order valence-corrected chi connectivity index (χ1v) is 3.41. The summed E-state index contributed by atoms with van der Waals surface area (Å²) in [6.45, 7) is 0.254. The first-order valence-electron chi connectivity index (χ1n) is 3.41. The number of anilines is 1. The lowest BCUT2D eigenvalue weighted by Gasteiger charge is -2.11. The van der Waals surface area contributed by atoms with Crippen LogP contribution in [0.15, 0.2) is 24.2 Å². The van der Waals surface area contributed by atoms with E-state index in [1.165, 1.54) is 6.08 Å². The molecule has 0 atom stereocenters. The molecule has 2 rings (SSSR count). The fourth-order valence-electron chi connectivity index (χ4n) is 1.07. The van der Waals surface area contributed by atoms with Gasteiger partial charge in [0, 0.05) is 11.8 Å². The zero-order valence-corrected chi connectivity index (χ0v) is 5.84. The second-order valence-corrected chi connectivity index (χ2v) is 2.39. The van der Waals surface area contributed by atoms with Gasteiger partial charge < -0.3 is 5.32 Å². The Morgan fingerprint density at radius 1 is 1.55 bits per heavy atom. The van der Waals surface area contributed by atoms with E-state index in [-0.39, 0.29) is 12.4 Å². The van der Waals surface area contributed by atoms with Gasteiger partial charge in [-0.15, -0.1) is 0 Å². The van der Waals surface area contributed by atoms with Crippen LogP contribution in [0.1, 0.15) is 5.56 Å². The minimum absolute atomic E-state index is 0.148. The summed E-state index contributed by atoms with van der Waals surface area (Å²) in [5.41, 5.74) is 0.816. The van der Waals surface area contributed by atoms with Crippen LogP contribution in [0, 0.1) is 0 Å². The Hall–Kier alpha value is -1.38. The van der Waals surface area contributed by atoms with Gasteiger partial charge in [0.2, 0.25) is 0 Å². The third-order valence-corrected chi connectivity index (χ3v) is 1.58. The Morgan fingerprint density at radius 2 is 2.45 bits per heavy atom. The summed E-state index contributed by atoms with van der Waals surface area (Å²) in [5, 5.41) is 2.86. The molecule has 0 saturated heterocycles. The molecule has 3 heteroatoms. The zero-order valence-electron chi connectivity index (χ0n) is 5.84. The summed E-state index contributed by atoms with van der Waals surface area (Å²) in [5.74, 6) is 0.611. The number of nitrogens with one attached hydrogen (secondary N) is 1. The lowest BCUT2D eigenvalue weighted by atomic mass is 10.2. The van der Waals surface area contributed by atoms with Crippen molar-refractivity contribution in [3.05, 3.63) is 29.7 Å². The first kappa shape index (κ1) is 6.34. The minimum Gasteiger partial charge on any atom is -0.363 e. The predicted molar refractivity (Wildman–Crippen MR) is 41.8 cm³/mol. The maximum atomic E-state index is 12.6. The normalized spacial score (nSPS) is 14.8. The molecule has 11 heavy (non-hydrogen) atoms. The van der Waals surface area contributed by atoms with Crippen molar-refractivity contribution in [2.45, 2.75) is 0 Å². The highest BCUT2D eigenvalue weighted by molar-refractivity contribution is 5.67. The molecule has 2 nitrogen and oxygen atoms in total. The fourth-order valence-corrected chi connectivity index (χ4v) is 1.07. The molecule has 0 saturated carbocycles. The molecule has 1 aliphatic heterocycles. The average molecular weight is 150 g/mol. The number of nitrogens with zero attached hydrogens (tertiary/aromatic N) is 1. The van der Waals surface area contributed by atoms with Crippen molar-refractivity contribution in [3.63, 3.8) is 0 Å². The molecular formula is C8H7FN2. The molecule has 0 aromatic carbocycles. The highest BCUT2D eigenvalue weighted by atomic mass is 19.1. The molecule has 0 aliphatic carbocycles. The van der Waals surface area contributed by atoms with Crippen molar-refractivity contribution in [2.75, 3.05) is 11.9 Å². The van der Waals surface area contributed by atoms with Gasteiger partial charge in [-0.05, 0) is 18.2 Å². The van der Waals surface area contributed by atoms with Gasteiger partial charge in [0.1, 0.15) is 11.6 Å². The molecule has 56 valence electrons. The van der Waals surface area contributed by atoms with Crippen molar-refractivity contribution in [1.29, 1.82) is 0 Å². The topological polar surface area (TPSA) is 24.9 Å². The Kier molecular flexibility index (Phi) is 1.35. The average Bonchev–Trinajstić information content (AvgIpc) is 2.04. The summed E-state index contributed by atoms with van der Waals surface area (Å²) in [7, 11) is 0. The van der Waals surface area contributed by atoms with Gasteiger partial charge in [-0.1, -0.05) is 0 Å². The highest BCUT2D eigenvalue weighted by Gasteiger charge is 2.07. The van der Waals surface area contributed by atoms with Crippen LogP contribution in [0.5, 0.6) is 0 Å². The molecule has 0 bridgehead atoms. The molecule has 1 aliphatic rings. The number of halogens is 1. The van der Waals surface area contributed by atoms with Crippen molar-refractivity contribution in [2.24, 2.45) is 0 Å². The van der Waals surface area contributed by atoms with E-state index in [0.717, 1.165) is 11.4 Å². The van der Waals surface area contributed by atoms with Gasteiger partial charge in [-0.25, -0.2) is 9.37 Å². The third-order valence-electron chi connectivity index (χ3n) is 1.58. The van der Waals surface area contributed by atoms with Gasteiger partial charge in [-0.3, -0.25) is 0 Å². The predicted octanol–water partition coefficient (Wildman–Crippen LogP) is 1.82. The van der Waals surface area contributed by atoms with Crippen LogP contribution in [0.3, 0.4) is 0 Å². The number of pyridine rings is 1. The highest BCUT2D eigenvalue weighted by Crippen LogP contribution is 2.20. The van der Waals surface area contributed by atoms with Gasteiger partial charge in [0.05, 0.1) is 6.54 Å². The smallest absolute Gasteiger partial charge is 0.133 e. The lowest BCUT2D eigenvalue weighted by molar-refractivity contribution is 0.631. The SMILES string of the molecule is FC1=Cc2cccnc2NC1. The summed E-state index contributed by atoms with van der Waals surface area (Å²) in [6.07, 6.45) is 3.18. The fraction of sp³-hybridized carbons (Fsp3) is 0.125. The Bertz CT molecular complexity index is 307. The Morgan fingerprint density at radius 3 is 3.36 bits per heavy atom. The molecule has 0 unspecified atom stereocenters. The number of hydrogen-bond donors (Lipinski definition) is 1. The van der Waals surface area contributed by atoms with Crippen LogP contribution in [-0.2, 0) is 0 Å². The largest absolute Gasteiger partial charge is 0.363 e. The van der Waals surface area contributed by atoms with E-state index in [9.17, 15) is 4.39 Å². The molecule has 1 N–H and O–H groups in total. The Labute approximate surface area is 63.8 Å². The van der Waals surface area contributed by atoms with Crippen LogP contribution in [0.4, 0.5) is 10.2 Å². The molecule has 0 amide bonds. The van der Waals surface area contributed by atoms with Crippen molar-refractivity contribution in [1.82, 2.24) is 4.98 Å². The second kappa shape index (κ2) is 2.34. The molecule has 0 radical (unpaired) electrons. The standard InChI is InChI=1S/C8H7FN2/c9-7-4-6-2-1-3-10-8(6)11-5-7/h1-4H,5H2,(H,10,11). The van der Waals surface area contributed by atoms with Gasteiger partial charge in [0.25, 0.3) is 0 Å². The number of rotatable bonds is 0. The van der Waals surface area contributed by atoms with Crippen LogP contribution < -0.4 is 5.32 Å². The quantitative estimate of drug-likeness (QED) is 0.610. The van der Waals surface area contributed by atoms with E-state index in [2.05, 4.69) is 10.3 Å². The first-order chi connectivity index (χ1) is 5.36. The van der Waals surface area contributed by atoms with E-state index >= 15 is 0 Å². The second-order valence-electron chi connectivity index (χ2n) is 2.39. The van der Waals surface area contributed by atoms with Crippen molar-refractivity contribution in [3.8, 4) is 0 Å². The zero-order chi connectivity index (χ0) is 7.68. The van der Waals surface area contributed by atoms with Gasteiger partial charge in [-0.2, -0.15) is 0 Å². The number of fused-ring (bicyclic) bond motifs is 1. The van der Waals surface area contributed by atoms with E-state index < -0.39 is 0 Å². The molecule has 1 aromatic rings. The monoisotopic (exact) mass is 150 g/mol. The maximum Gasteiger partial charge on any atom is 0.133 e. The molecular weight excluding hydrogens is 143 g/mol. The number of aromatic nitrogens is 1. The molecule has 2 heterocycles. The van der Waals surface area contributed by atoms with Crippen molar-refractivity contribution >= 4 is 11.9 Å². The lowest BCUT2D eigenvalue weighted by Crippen LogP contribution is -2.09. The van der Waals surface area contributed by atoms with E-state index in [1.807, 2.05) is 6.07 Å². The Balaban J connectivity index is 2.51. The molecule has 0 spiro atoms. The molecule has 0 fully saturated rings.